The molecule has 1 aromatic carbocycles. The largest absolute Gasteiger partial charge is 0.285 e. The van der Waals surface area contributed by atoms with Crippen LogP contribution in [0.15, 0.2) is 54.0 Å². The molecule has 0 fully saturated rings. The maximum Gasteiger partial charge on any atom is 0.283 e. The van der Waals surface area contributed by atoms with E-state index >= 15 is 0 Å². The number of benzene rings is 1. The van der Waals surface area contributed by atoms with Gasteiger partial charge in [-0.15, -0.1) is 0 Å². The van der Waals surface area contributed by atoms with Crippen molar-refractivity contribution >= 4 is 22.6 Å². The second kappa shape index (κ2) is 5.58. The first-order chi connectivity index (χ1) is 11.6. The normalized spacial score (nSPS) is 11.1. The number of rotatable bonds is 2. The van der Waals surface area contributed by atoms with E-state index in [1.165, 1.54) is 6.20 Å². The van der Waals surface area contributed by atoms with E-state index in [1.807, 2.05) is 19.1 Å². The van der Waals surface area contributed by atoms with Gasteiger partial charge in [0, 0.05) is 40.9 Å². The van der Waals surface area contributed by atoms with E-state index in [2.05, 4.69) is 20.2 Å². The number of H-pyrrole nitrogens is 1. The summed E-state index contributed by atoms with van der Waals surface area (Å²) in [6.07, 6.45) is 8.30. The molecule has 0 bridgehead atoms. The molecule has 7 heteroatoms. The number of aromatic amines is 1. The molecule has 1 N–H and O–H groups in total. The van der Waals surface area contributed by atoms with Crippen LogP contribution < -0.4 is 5.56 Å². The number of aromatic nitrogens is 5. The van der Waals surface area contributed by atoms with E-state index in [9.17, 15) is 4.79 Å². The fraction of sp³-hybridized carbons (Fsp3) is 0.0588. The van der Waals surface area contributed by atoms with Gasteiger partial charge in [-0.05, 0) is 30.7 Å². The molecule has 6 nitrogen and oxygen atoms in total. The summed E-state index contributed by atoms with van der Waals surface area (Å²) in [5, 5.41) is 7.39. The number of nitrogens with one attached hydrogen (secondary N) is 1. The maximum absolute atomic E-state index is 12.9. The van der Waals surface area contributed by atoms with Gasteiger partial charge in [-0.2, -0.15) is 5.10 Å². The Balaban J connectivity index is 2.10. The fourth-order valence-electron chi connectivity index (χ4n) is 2.73. The number of nitrogens with zero attached hydrogens (tertiary/aromatic N) is 4. The number of pyridine rings is 1. The number of hydrogen-bond donors (Lipinski definition) is 1. The molecule has 4 aromatic rings. The predicted molar refractivity (Wildman–Crippen MR) is 92.5 cm³/mol. The second-order valence-corrected chi connectivity index (χ2v) is 5.83. The maximum atomic E-state index is 12.9. The topological polar surface area (TPSA) is 76.5 Å². The molecule has 0 radical (unpaired) electrons. The van der Waals surface area contributed by atoms with Crippen LogP contribution in [0.1, 0.15) is 5.56 Å². The molecular weight excluding hydrogens is 326 g/mol. The minimum Gasteiger partial charge on any atom is -0.285 e. The molecule has 0 unspecified atom stereocenters. The van der Waals surface area contributed by atoms with E-state index in [1.54, 1.807) is 35.4 Å². The van der Waals surface area contributed by atoms with Gasteiger partial charge in [0.25, 0.3) is 5.56 Å². The molecule has 0 aliphatic carbocycles. The summed E-state index contributed by atoms with van der Waals surface area (Å²) in [5.74, 6) is 0. The van der Waals surface area contributed by atoms with Crippen LogP contribution >= 0.6 is 11.6 Å². The first kappa shape index (κ1) is 14.6. The van der Waals surface area contributed by atoms with Crippen LogP contribution in [-0.4, -0.2) is 24.7 Å². The summed E-state index contributed by atoms with van der Waals surface area (Å²) >= 11 is 6.03. The van der Waals surface area contributed by atoms with Crippen molar-refractivity contribution < 1.29 is 0 Å². The van der Waals surface area contributed by atoms with Crippen LogP contribution in [-0.2, 0) is 0 Å². The lowest BCUT2D eigenvalue weighted by Crippen LogP contribution is -2.20. The Hall–Kier alpha value is -2.99. The Bertz CT molecular complexity index is 1100. The van der Waals surface area contributed by atoms with Crippen LogP contribution in [0.5, 0.6) is 0 Å². The van der Waals surface area contributed by atoms with Gasteiger partial charge in [0.15, 0.2) is 5.52 Å². The van der Waals surface area contributed by atoms with Gasteiger partial charge in [0.2, 0.25) is 0 Å². The van der Waals surface area contributed by atoms with Crippen molar-refractivity contribution in [2.24, 2.45) is 0 Å². The van der Waals surface area contributed by atoms with E-state index in [4.69, 9.17) is 11.6 Å². The number of hydrogen-bond acceptors (Lipinski definition) is 4. The van der Waals surface area contributed by atoms with Crippen molar-refractivity contribution in [2.75, 3.05) is 0 Å². The highest BCUT2D eigenvalue weighted by atomic mass is 35.5. The molecule has 0 saturated heterocycles. The van der Waals surface area contributed by atoms with Crippen molar-refractivity contribution in [3.8, 4) is 16.8 Å². The summed E-state index contributed by atoms with van der Waals surface area (Å²) in [6, 6.07) is 5.40. The summed E-state index contributed by atoms with van der Waals surface area (Å²) in [7, 11) is 0. The van der Waals surface area contributed by atoms with Gasteiger partial charge < -0.3 is 0 Å². The Morgan fingerprint density at radius 1 is 1.17 bits per heavy atom. The molecule has 0 aliphatic heterocycles. The van der Waals surface area contributed by atoms with Crippen molar-refractivity contribution in [3.05, 3.63) is 70.1 Å². The third-order valence-corrected chi connectivity index (χ3v) is 4.10. The highest BCUT2D eigenvalue weighted by Gasteiger charge is 2.15. The van der Waals surface area contributed by atoms with Crippen LogP contribution in [0.25, 0.3) is 27.8 Å². The first-order valence-electron chi connectivity index (χ1n) is 7.27. The SMILES string of the molecule is Cc1cc(Cl)ccc1-n1cc(-c2cn[nH]c2)c2nccnc2c1=O. The van der Waals surface area contributed by atoms with Gasteiger partial charge in [0.05, 0.1) is 11.9 Å². The number of halogens is 1. The zero-order valence-corrected chi connectivity index (χ0v) is 13.4. The Kier molecular flexibility index (Phi) is 3.39. The average Bonchev–Trinajstić information content (AvgIpc) is 3.11. The van der Waals surface area contributed by atoms with Gasteiger partial charge in [-0.1, -0.05) is 11.6 Å². The third-order valence-electron chi connectivity index (χ3n) is 3.86. The third kappa shape index (κ3) is 2.28. The molecule has 118 valence electrons. The van der Waals surface area contributed by atoms with Crippen LogP contribution in [0.4, 0.5) is 0 Å². The molecule has 0 saturated carbocycles. The molecule has 24 heavy (non-hydrogen) atoms. The molecule has 0 aliphatic rings. The van der Waals surface area contributed by atoms with Gasteiger partial charge >= 0.3 is 0 Å². The fourth-order valence-corrected chi connectivity index (χ4v) is 2.96. The zero-order valence-electron chi connectivity index (χ0n) is 12.7. The monoisotopic (exact) mass is 337 g/mol. The summed E-state index contributed by atoms with van der Waals surface area (Å²) in [6.45, 7) is 1.91. The lowest BCUT2D eigenvalue weighted by atomic mass is 10.1. The van der Waals surface area contributed by atoms with Gasteiger partial charge in [-0.3, -0.25) is 19.4 Å². The quantitative estimate of drug-likeness (QED) is 0.609. The predicted octanol–water partition coefficient (Wildman–Crippen LogP) is 3.13. The second-order valence-electron chi connectivity index (χ2n) is 5.39. The first-order valence-corrected chi connectivity index (χ1v) is 7.65. The molecule has 0 amide bonds. The zero-order chi connectivity index (χ0) is 16.7. The van der Waals surface area contributed by atoms with Crippen molar-refractivity contribution in [1.82, 2.24) is 24.7 Å². The highest BCUT2D eigenvalue weighted by Crippen LogP contribution is 2.26. The van der Waals surface area contributed by atoms with E-state index in [0.717, 1.165) is 22.4 Å². The Morgan fingerprint density at radius 2 is 1.96 bits per heavy atom. The Labute approximate surface area is 141 Å². The standard InChI is InChI=1S/C17H12ClN5O/c1-10-6-12(18)2-3-14(10)23-9-13(11-7-21-22-8-11)15-16(17(23)24)20-5-4-19-15/h2-9H,1H3,(H,21,22). The molecule has 3 heterocycles. The lowest BCUT2D eigenvalue weighted by molar-refractivity contribution is 0.985. The molecule has 3 aromatic heterocycles. The van der Waals surface area contributed by atoms with E-state index in [0.29, 0.717) is 16.1 Å². The molecule has 0 spiro atoms. The number of fused-ring (bicyclic) bond motifs is 1. The Morgan fingerprint density at radius 3 is 2.67 bits per heavy atom. The van der Waals surface area contributed by atoms with Crippen molar-refractivity contribution in [2.45, 2.75) is 6.92 Å². The van der Waals surface area contributed by atoms with E-state index < -0.39 is 0 Å². The smallest absolute Gasteiger partial charge is 0.283 e. The van der Waals surface area contributed by atoms with E-state index in [-0.39, 0.29) is 5.56 Å². The van der Waals surface area contributed by atoms with Crippen LogP contribution in [0.2, 0.25) is 5.02 Å². The van der Waals surface area contributed by atoms with Gasteiger partial charge in [-0.25, -0.2) is 4.98 Å². The molecular formula is C17H12ClN5O. The van der Waals surface area contributed by atoms with Gasteiger partial charge in [0.1, 0.15) is 5.52 Å². The minimum absolute atomic E-state index is 0.226. The van der Waals surface area contributed by atoms with Crippen LogP contribution in [0.3, 0.4) is 0 Å². The van der Waals surface area contributed by atoms with Crippen molar-refractivity contribution in [1.29, 1.82) is 0 Å². The van der Waals surface area contributed by atoms with Crippen molar-refractivity contribution in [3.63, 3.8) is 0 Å². The summed E-state index contributed by atoms with van der Waals surface area (Å²) < 4.78 is 1.57. The number of aryl methyl sites for hydroxylation is 1. The lowest BCUT2D eigenvalue weighted by Gasteiger charge is -2.12. The van der Waals surface area contributed by atoms with Crippen LogP contribution in [0, 0.1) is 6.92 Å². The highest BCUT2D eigenvalue weighted by molar-refractivity contribution is 6.30. The molecule has 4 rings (SSSR count). The summed E-state index contributed by atoms with van der Waals surface area (Å²) in [5.41, 5.74) is 3.89. The molecule has 0 atom stereocenters. The minimum atomic E-state index is -0.226. The average molecular weight is 338 g/mol. The summed E-state index contributed by atoms with van der Waals surface area (Å²) in [4.78, 5) is 21.5.